The monoisotopic (exact) mass is 294 g/mol. The fourth-order valence-corrected chi connectivity index (χ4v) is 3.27. The molecule has 116 valence electrons. The Bertz CT molecular complexity index is 341. The van der Waals surface area contributed by atoms with Crippen molar-refractivity contribution in [3.63, 3.8) is 0 Å². The van der Waals surface area contributed by atoms with Gasteiger partial charge < -0.3 is 5.11 Å². The second-order valence-electron chi connectivity index (χ2n) is 5.76. The summed E-state index contributed by atoms with van der Waals surface area (Å²) < 4.78 is 38.4. The molecule has 0 radical (unpaired) electrons. The molecule has 0 aromatic carbocycles. The summed E-state index contributed by atoms with van der Waals surface area (Å²) in [6.45, 7) is 2.60. The second-order valence-corrected chi connectivity index (χ2v) is 5.76. The Morgan fingerprint density at radius 2 is 1.80 bits per heavy atom. The summed E-state index contributed by atoms with van der Waals surface area (Å²) in [5.41, 5.74) is 0. The molecule has 20 heavy (non-hydrogen) atoms. The zero-order chi connectivity index (χ0) is 14.8. The molecule has 2 unspecified atom stereocenters. The summed E-state index contributed by atoms with van der Waals surface area (Å²) in [6, 6.07) is 0.00218. The van der Waals surface area contributed by atoms with Gasteiger partial charge in [-0.2, -0.15) is 13.2 Å². The lowest BCUT2D eigenvalue weighted by atomic mass is 9.84. The van der Waals surface area contributed by atoms with Crippen molar-refractivity contribution in [2.75, 3.05) is 32.7 Å². The van der Waals surface area contributed by atoms with Gasteiger partial charge in [0, 0.05) is 32.2 Å². The van der Waals surface area contributed by atoms with E-state index in [0.29, 0.717) is 32.6 Å². The van der Waals surface area contributed by atoms with Gasteiger partial charge >= 0.3 is 12.1 Å². The highest BCUT2D eigenvalue weighted by Gasteiger charge is 2.43. The number of carboxylic acid groups (broad SMARTS) is 1. The summed E-state index contributed by atoms with van der Waals surface area (Å²) in [4.78, 5) is 14.6. The molecule has 1 heterocycles. The number of piperazine rings is 1. The van der Waals surface area contributed by atoms with Crippen LogP contribution < -0.4 is 0 Å². The van der Waals surface area contributed by atoms with Crippen molar-refractivity contribution in [2.24, 2.45) is 5.92 Å². The van der Waals surface area contributed by atoms with E-state index < -0.39 is 18.1 Å². The number of aliphatic carboxylic acids is 1. The van der Waals surface area contributed by atoms with E-state index in [1.54, 1.807) is 0 Å². The van der Waals surface area contributed by atoms with E-state index in [9.17, 15) is 18.0 Å². The van der Waals surface area contributed by atoms with Crippen molar-refractivity contribution >= 4 is 5.97 Å². The Labute approximate surface area is 116 Å². The van der Waals surface area contributed by atoms with Crippen molar-refractivity contribution < 1.29 is 23.1 Å². The highest BCUT2D eigenvalue weighted by atomic mass is 19.4. The lowest BCUT2D eigenvalue weighted by Gasteiger charge is -2.42. The first-order valence-electron chi connectivity index (χ1n) is 7.11. The van der Waals surface area contributed by atoms with Crippen LogP contribution in [-0.4, -0.2) is 65.8 Å². The molecule has 1 aliphatic carbocycles. The van der Waals surface area contributed by atoms with Gasteiger partial charge in [-0.05, 0) is 19.3 Å². The summed E-state index contributed by atoms with van der Waals surface area (Å²) in [7, 11) is 0. The van der Waals surface area contributed by atoms with Crippen molar-refractivity contribution in [3.8, 4) is 0 Å². The van der Waals surface area contributed by atoms with Crippen LogP contribution in [0.25, 0.3) is 0 Å². The van der Waals surface area contributed by atoms with Gasteiger partial charge in [-0.25, -0.2) is 0 Å². The van der Waals surface area contributed by atoms with Crippen LogP contribution in [0.5, 0.6) is 0 Å². The van der Waals surface area contributed by atoms with Crippen molar-refractivity contribution in [1.29, 1.82) is 0 Å². The first-order valence-corrected chi connectivity index (χ1v) is 7.11. The highest BCUT2D eigenvalue weighted by Crippen LogP contribution is 2.39. The zero-order valence-corrected chi connectivity index (χ0v) is 11.4. The number of alkyl halides is 3. The molecule has 0 bridgehead atoms. The Balaban J connectivity index is 1.83. The van der Waals surface area contributed by atoms with Crippen LogP contribution in [0, 0.1) is 5.92 Å². The molecule has 1 N–H and O–H groups in total. The third-order valence-corrected chi connectivity index (χ3v) is 4.39. The Morgan fingerprint density at radius 3 is 2.35 bits per heavy atom. The van der Waals surface area contributed by atoms with Crippen LogP contribution in [0.4, 0.5) is 13.2 Å². The van der Waals surface area contributed by atoms with Crippen LogP contribution in [0.1, 0.15) is 25.7 Å². The maximum Gasteiger partial charge on any atom is 0.391 e. The number of halogens is 3. The average Bonchev–Trinajstić information content (AvgIpc) is 2.38. The number of hydrogen-bond donors (Lipinski definition) is 1. The lowest BCUT2D eigenvalue weighted by Crippen LogP contribution is -2.52. The van der Waals surface area contributed by atoms with Gasteiger partial charge in [0.05, 0.1) is 12.5 Å². The molecule has 0 aromatic heterocycles. The fourth-order valence-electron chi connectivity index (χ4n) is 3.27. The number of carbonyl (C=O) groups is 1. The minimum Gasteiger partial charge on any atom is -0.480 e. The Kier molecular flexibility index (Phi) is 4.90. The van der Waals surface area contributed by atoms with Gasteiger partial charge in [0.25, 0.3) is 0 Å². The first-order chi connectivity index (χ1) is 9.36. The molecular formula is C13H21F3N2O2. The maximum atomic E-state index is 12.8. The van der Waals surface area contributed by atoms with Crippen molar-refractivity contribution in [2.45, 2.75) is 37.9 Å². The van der Waals surface area contributed by atoms with Gasteiger partial charge in [0.15, 0.2) is 0 Å². The third kappa shape index (κ3) is 4.09. The minimum absolute atomic E-state index is 0.00218. The summed E-state index contributed by atoms with van der Waals surface area (Å²) in [5.74, 6) is -2.02. The van der Waals surface area contributed by atoms with E-state index in [0.717, 1.165) is 6.42 Å². The molecule has 2 aliphatic rings. The number of nitrogens with zero attached hydrogens (tertiary/aromatic N) is 2. The molecule has 2 rings (SSSR count). The minimum atomic E-state index is -4.08. The highest BCUT2D eigenvalue weighted by molar-refractivity contribution is 5.69. The third-order valence-electron chi connectivity index (χ3n) is 4.39. The SMILES string of the molecule is O=C(O)CN1CCN(C2CCCC(C(F)(F)F)C2)CC1. The van der Waals surface area contributed by atoms with E-state index in [1.165, 1.54) is 0 Å². The topological polar surface area (TPSA) is 43.8 Å². The van der Waals surface area contributed by atoms with Crippen molar-refractivity contribution in [1.82, 2.24) is 9.80 Å². The van der Waals surface area contributed by atoms with Gasteiger partial charge in [-0.3, -0.25) is 14.6 Å². The molecule has 2 fully saturated rings. The van der Waals surface area contributed by atoms with Crippen LogP contribution in [-0.2, 0) is 4.79 Å². The fraction of sp³-hybridized carbons (Fsp3) is 0.923. The quantitative estimate of drug-likeness (QED) is 0.862. The van der Waals surface area contributed by atoms with E-state index in [2.05, 4.69) is 4.90 Å². The Hall–Kier alpha value is -0.820. The van der Waals surface area contributed by atoms with Gasteiger partial charge in [-0.1, -0.05) is 6.42 Å². The van der Waals surface area contributed by atoms with Crippen LogP contribution in [0.15, 0.2) is 0 Å². The maximum absolute atomic E-state index is 12.8. The van der Waals surface area contributed by atoms with Crippen LogP contribution >= 0.6 is 0 Å². The number of rotatable bonds is 3. The molecule has 7 heteroatoms. The molecule has 2 atom stereocenters. The smallest absolute Gasteiger partial charge is 0.391 e. The molecule has 1 aliphatic heterocycles. The second kappa shape index (κ2) is 6.30. The lowest BCUT2D eigenvalue weighted by molar-refractivity contribution is -0.187. The number of hydrogen-bond acceptors (Lipinski definition) is 3. The van der Waals surface area contributed by atoms with Gasteiger partial charge in [0.2, 0.25) is 0 Å². The molecule has 0 amide bonds. The largest absolute Gasteiger partial charge is 0.480 e. The molecule has 1 saturated heterocycles. The van der Waals surface area contributed by atoms with Crippen LogP contribution in [0.2, 0.25) is 0 Å². The predicted molar refractivity (Wildman–Crippen MR) is 67.4 cm³/mol. The van der Waals surface area contributed by atoms with Crippen molar-refractivity contribution in [3.05, 3.63) is 0 Å². The average molecular weight is 294 g/mol. The van der Waals surface area contributed by atoms with E-state index in [-0.39, 0.29) is 25.4 Å². The summed E-state index contributed by atoms with van der Waals surface area (Å²) in [6.07, 6.45) is -2.18. The van der Waals surface area contributed by atoms with E-state index in [1.807, 2.05) is 4.90 Å². The summed E-state index contributed by atoms with van der Waals surface area (Å²) >= 11 is 0. The first kappa shape index (κ1) is 15.6. The summed E-state index contributed by atoms with van der Waals surface area (Å²) in [5, 5.41) is 8.72. The van der Waals surface area contributed by atoms with Gasteiger partial charge in [0.1, 0.15) is 0 Å². The number of carboxylic acids is 1. The van der Waals surface area contributed by atoms with Gasteiger partial charge in [-0.15, -0.1) is 0 Å². The standard InChI is InChI=1S/C13H21F3N2O2/c14-13(15,16)10-2-1-3-11(8-10)18-6-4-17(5-7-18)9-12(19)20/h10-11H,1-9H2,(H,19,20). The van der Waals surface area contributed by atoms with E-state index >= 15 is 0 Å². The molecule has 0 aromatic rings. The normalized spacial score (nSPS) is 30.4. The molecular weight excluding hydrogens is 273 g/mol. The molecule has 4 nitrogen and oxygen atoms in total. The predicted octanol–water partition coefficient (Wildman–Crippen LogP) is 1.81. The molecule has 1 saturated carbocycles. The molecule has 0 spiro atoms. The van der Waals surface area contributed by atoms with E-state index in [4.69, 9.17) is 5.11 Å². The Morgan fingerprint density at radius 1 is 1.15 bits per heavy atom. The zero-order valence-electron chi connectivity index (χ0n) is 11.4. The van der Waals surface area contributed by atoms with Crippen LogP contribution in [0.3, 0.4) is 0 Å².